The fourth-order valence-corrected chi connectivity index (χ4v) is 8.70. The summed E-state index contributed by atoms with van der Waals surface area (Å²) in [7, 11) is 1.83. The van der Waals surface area contributed by atoms with Gasteiger partial charge in [-0.1, -0.05) is 137 Å². The zero-order chi connectivity index (χ0) is 33.7. The summed E-state index contributed by atoms with van der Waals surface area (Å²) in [6, 6.07) is 47.2. The zero-order valence-electron chi connectivity index (χ0n) is 29.6. The molecule has 244 valence electrons. The molecule has 1 unspecified atom stereocenters. The van der Waals surface area contributed by atoms with Crippen LogP contribution in [0.2, 0.25) is 0 Å². The molecule has 0 aliphatic heterocycles. The van der Waals surface area contributed by atoms with E-state index in [4.69, 9.17) is 4.74 Å². The van der Waals surface area contributed by atoms with E-state index < -0.39 is 5.41 Å². The summed E-state index contributed by atoms with van der Waals surface area (Å²) >= 11 is 0. The maximum absolute atomic E-state index is 5.81. The molecule has 0 spiro atoms. The monoisotopic (exact) mass is 638 g/mol. The first-order chi connectivity index (χ1) is 24.0. The molecular formula is C48H46O. The molecule has 0 saturated heterocycles. The first-order valence-electron chi connectivity index (χ1n) is 18.3. The van der Waals surface area contributed by atoms with Gasteiger partial charge in [-0.15, -0.1) is 0 Å². The Morgan fingerprint density at radius 2 is 1.10 bits per heavy atom. The summed E-state index contributed by atoms with van der Waals surface area (Å²) in [6.45, 7) is 9.05. The first-order valence-corrected chi connectivity index (χ1v) is 18.3. The molecule has 6 aromatic carbocycles. The molecule has 1 nitrogen and oxygen atoms in total. The van der Waals surface area contributed by atoms with Crippen LogP contribution in [0, 0.1) is 0 Å². The fraction of sp³-hybridized carbons (Fsp3) is 0.250. The van der Waals surface area contributed by atoms with Crippen LogP contribution in [0.3, 0.4) is 0 Å². The van der Waals surface area contributed by atoms with Gasteiger partial charge < -0.3 is 4.74 Å². The van der Waals surface area contributed by atoms with E-state index in [1.807, 2.05) is 7.11 Å². The normalized spacial score (nSPS) is 15.3. The largest absolute Gasteiger partial charge is 0.376 e. The molecule has 0 fully saturated rings. The summed E-state index contributed by atoms with van der Waals surface area (Å²) < 4.78 is 5.81. The Kier molecular flexibility index (Phi) is 8.13. The van der Waals surface area contributed by atoms with Gasteiger partial charge in [0.1, 0.15) is 0 Å². The third-order valence-electron chi connectivity index (χ3n) is 11.5. The summed E-state index contributed by atoms with van der Waals surface area (Å²) in [5.41, 5.74) is 21.1. The highest BCUT2D eigenvalue weighted by Crippen LogP contribution is 2.58. The Labute approximate surface area is 292 Å². The summed E-state index contributed by atoms with van der Waals surface area (Å²) in [5, 5.41) is 0. The van der Waals surface area contributed by atoms with E-state index in [0.717, 1.165) is 32.1 Å². The van der Waals surface area contributed by atoms with E-state index in [1.54, 1.807) is 0 Å². The molecule has 0 saturated carbocycles. The van der Waals surface area contributed by atoms with Crippen molar-refractivity contribution < 1.29 is 4.74 Å². The highest BCUT2D eigenvalue weighted by Gasteiger charge is 2.47. The van der Waals surface area contributed by atoms with Crippen LogP contribution in [0.5, 0.6) is 0 Å². The predicted molar refractivity (Wildman–Crippen MR) is 206 cm³/mol. The van der Waals surface area contributed by atoms with Crippen LogP contribution in [-0.2, 0) is 42.3 Å². The molecule has 0 amide bonds. The quantitative estimate of drug-likeness (QED) is 0.153. The lowest BCUT2D eigenvalue weighted by Gasteiger charge is -2.37. The van der Waals surface area contributed by atoms with Crippen LogP contribution in [-0.4, -0.2) is 7.11 Å². The van der Waals surface area contributed by atoms with Crippen molar-refractivity contribution in [3.8, 4) is 33.4 Å². The second-order valence-electron chi connectivity index (χ2n) is 13.9. The van der Waals surface area contributed by atoms with Gasteiger partial charge in [0.2, 0.25) is 0 Å². The molecule has 49 heavy (non-hydrogen) atoms. The Balaban J connectivity index is 1.45. The number of hydrogen-bond donors (Lipinski definition) is 0. The van der Waals surface area contributed by atoms with Gasteiger partial charge in [0.25, 0.3) is 0 Å². The lowest BCUT2D eigenvalue weighted by Crippen LogP contribution is -2.30. The second kappa shape index (κ2) is 12.6. The molecule has 0 radical (unpaired) electrons. The number of fused-ring (bicyclic) bond motifs is 4. The Morgan fingerprint density at radius 3 is 1.59 bits per heavy atom. The predicted octanol–water partition coefficient (Wildman–Crippen LogP) is 11.9. The first kappa shape index (κ1) is 31.5. The van der Waals surface area contributed by atoms with Gasteiger partial charge in [-0.05, 0) is 127 Å². The Bertz CT molecular complexity index is 2080. The van der Waals surface area contributed by atoms with Crippen molar-refractivity contribution in [2.24, 2.45) is 0 Å². The fourth-order valence-electron chi connectivity index (χ4n) is 8.70. The van der Waals surface area contributed by atoms with Crippen LogP contribution in [0.25, 0.3) is 33.4 Å². The molecule has 2 aliphatic rings. The van der Waals surface area contributed by atoms with Gasteiger partial charge in [0, 0.05) is 13.5 Å². The minimum absolute atomic E-state index is 0.190. The Hall–Kier alpha value is -4.72. The molecule has 1 heteroatoms. The highest BCUT2D eigenvalue weighted by molar-refractivity contribution is 5.90. The molecule has 8 rings (SSSR count). The van der Waals surface area contributed by atoms with Crippen molar-refractivity contribution >= 4 is 0 Å². The zero-order valence-corrected chi connectivity index (χ0v) is 29.6. The number of hydrogen-bond acceptors (Lipinski definition) is 1. The van der Waals surface area contributed by atoms with Gasteiger partial charge >= 0.3 is 0 Å². The third-order valence-corrected chi connectivity index (χ3v) is 11.5. The highest BCUT2D eigenvalue weighted by atomic mass is 16.5. The van der Waals surface area contributed by atoms with Crippen LogP contribution in [0.1, 0.15) is 89.4 Å². The maximum Gasteiger partial charge on any atom is 0.0864 e. The van der Waals surface area contributed by atoms with Crippen molar-refractivity contribution in [2.45, 2.75) is 71.3 Å². The molecule has 0 N–H and O–H groups in total. The van der Waals surface area contributed by atoms with Crippen LogP contribution in [0.15, 0.2) is 121 Å². The topological polar surface area (TPSA) is 9.23 Å². The van der Waals surface area contributed by atoms with Crippen molar-refractivity contribution in [3.63, 3.8) is 0 Å². The van der Waals surface area contributed by atoms with Gasteiger partial charge in [-0.2, -0.15) is 0 Å². The SMILES string of the molecule is CCc1ccc(CC)c(-c2ccc3c(c2)C(c2ccccc2)(c2ccc4c(c2)CC4OC)c2cc(-c4cc(CC)ccc4CC)ccc2-3)c1. The molecule has 0 bridgehead atoms. The molecule has 0 heterocycles. The lowest BCUT2D eigenvalue weighted by atomic mass is 9.65. The average molecular weight is 639 g/mol. The molecule has 1 atom stereocenters. The maximum atomic E-state index is 5.81. The van der Waals surface area contributed by atoms with Crippen LogP contribution in [0.4, 0.5) is 0 Å². The van der Waals surface area contributed by atoms with E-state index in [2.05, 4.69) is 149 Å². The van der Waals surface area contributed by atoms with Gasteiger partial charge in [0.05, 0.1) is 11.5 Å². The number of ether oxygens (including phenoxy) is 1. The summed E-state index contributed by atoms with van der Waals surface area (Å²) in [5.74, 6) is 0. The van der Waals surface area contributed by atoms with Gasteiger partial charge in [-0.25, -0.2) is 0 Å². The number of aryl methyl sites for hydroxylation is 4. The van der Waals surface area contributed by atoms with Crippen molar-refractivity contribution in [1.82, 2.24) is 0 Å². The smallest absolute Gasteiger partial charge is 0.0864 e. The number of benzene rings is 6. The van der Waals surface area contributed by atoms with Gasteiger partial charge in [-0.3, -0.25) is 0 Å². The third kappa shape index (κ3) is 4.93. The summed E-state index contributed by atoms with van der Waals surface area (Å²) in [4.78, 5) is 0. The van der Waals surface area contributed by atoms with E-state index in [1.165, 1.54) is 89.0 Å². The standard InChI is InChI=1S/C48H46O/c1-6-31-15-17-33(8-3)43(25-31)35-19-22-41-42-23-20-36(44-26-32(7-2)16-18-34(44)9-4)29-46(42)48(45(41)28-35,38-13-11-10-12-14-38)39-21-24-40-37(27-39)30-47(40)49-5/h10-29,47H,6-9,30H2,1-5H3. The van der Waals surface area contributed by atoms with Gasteiger partial charge in [0.15, 0.2) is 0 Å². The minimum Gasteiger partial charge on any atom is -0.376 e. The average Bonchev–Trinajstić information content (AvgIpc) is 3.44. The molecule has 0 aromatic heterocycles. The van der Waals surface area contributed by atoms with E-state index in [0.29, 0.717) is 0 Å². The van der Waals surface area contributed by atoms with E-state index in [9.17, 15) is 0 Å². The van der Waals surface area contributed by atoms with Crippen molar-refractivity contribution in [2.75, 3.05) is 7.11 Å². The number of methoxy groups -OCH3 is 1. The summed E-state index contributed by atoms with van der Waals surface area (Å²) in [6.07, 6.45) is 5.21. The van der Waals surface area contributed by atoms with Crippen LogP contribution >= 0.6 is 0 Å². The molecule has 2 aliphatic carbocycles. The minimum atomic E-state index is -0.478. The van der Waals surface area contributed by atoms with Crippen LogP contribution < -0.4 is 0 Å². The molecule has 6 aromatic rings. The van der Waals surface area contributed by atoms with E-state index >= 15 is 0 Å². The van der Waals surface area contributed by atoms with Crippen molar-refractivity contribution in [1.29, 1.82) is 0 Å². The lowest BCUT2D eigenvalue weighted by molar-refractivity contribution is 0.0844. The number of rotatable bonds is 9. The Morgan fingerprint density at radius 1 is 0.531 bits per heavy atom. The van der Waals surface area contributed by atoms with Crippen molar-refractivity contribution in [3.05, 3.63) is 177 Å². The second-order valence-corrected chi connectivity index (χ2v) is 13.9. The van der Waals surface area contributed by atoms with E-state index in [-0.39, 0.29) is 6.10 Å². The molecular weight excluding hydrogens is 593 g/mol.